The molecule has 0 amide bonds. The van der Waals surface area contributed by atoms with Crippen LogP contribution in [0.4, 0.5) is 0 Å². The molecule has 0 aromatic rings. The molecule has 0 radical (unpaired) electrons. The van der Waals surface area contributed by atoms with Gasteiger partial charge < -0.3 is 10.8 Å². The summed E-state index contributed by atoms with van der Waals surface area (Å²) in [6.07, 6.45) is 0. The van der Waals surface area contributed by atoms with E-state index in [1.165, 1.54) is 6.92 Å². The van der Waals surface area contributed by atoms with Crippen LogP contribution in [0, 0.1) is 0 Å². The van der Waals surface area contributed by atoms with E-state index < -0.39 is 17.3 Å². The lowest BCUT2D eigenvalue weighted by Gasteiger charge is -1.99. The zero-order valence-corrected chi connectivity index (χ0v) is 6.68. The Hall–Kier alpha value is -1.03. The molecular formula is C6H8ClNO3. The van der Waals surface area contributed by atoms with Crippen LogP contribution in [0.3, 0.4) is 0 Å². The van der Waals surface area contributed by atoms with Crippen molar-refractivity contribution < 1.29 is 14.7 Å². The number of hydrogen-bond donors (Lipinski definition) is 2. The monoisotopic (exact) mass is 177 g/mol. The topological polar surface area (TPSA) is 80.4 Å². The third kappa shape index (κ3) is 2.59. The van der Waals surface area contributed by atoms with Gasteiger partial charge in [-0.05, 0) is 6.92 Å². The Morgan fingerprint density at radius 1 is 1.55 bits per heavy atom. The highest BCUT2D eigenvalue weighted by molar-refractivity contribution is 6.34. The van der Waals surface area contributed by atoms with Crippen LogP contribution in [-0.4, -0.2) is 22.7 Å². The minimum absolute atomic E-state index is 0.0249. The number of aliphatic carboxylic acids is 1. The van der Waals surface area contributed by atoms with Crippen LogP contribution in [0.15, 0.2) is 11.3 Å². The van der Waals surface area contributed by atoms with Crippen LogP contribution < -0.4 is 5.73 Å². The first-order chi connectivity index (χ1) is 5.00. The van der Waals surface area contributed by atoms with E-state index in [0.717, 1.165) is 0 Å². The maximum Gasteiger partial charge on any atom is 0.341 e. The number of hydrogen-bond acceptors (Lipinski definition) is 3. The molecule has 4 nitrogen and oxygen atoms in total. The Bertz CT molecular complexity index is 218. The molecule has 5 heteroatoms. The largest absolute Gasteiger partial charge is 0.477 e. The van der Waals surface area contributed by atoms with Crippen molar-refractivity contribution in [2.75, 3.05) is 5.88 Å². The Balaban J connectivity index is 4.79. The summed E-state index contributed by atoms with van der Waals surface area (Å²) in [4.78, 5) is 21.1. The third-order valence-electron chi connectivity index (χ3n) is 1.01. The summed E-state index contributed by atoms with van der Waals surface area (Å²) in [6, 6.07) is 0. The summed E-state index contributed by atoms with van der Waals surface area (Å²) in [5, 5.41) is 8.43. The number of allylic oxidation sites excluding steroid dienone is 1. The van der Waals surface area contributed by atoms with Crippen molar-refractivity contribution in [3.8, 4) is 0 Å². The van der Waals surface area contributed by atoms with Gasteiger partial charge in [-0.25, -0.2) is 4.79 Å². The van der Waals surface area contributed by atoms with Crippen molar-refractivity contribution in [2.24, 2.45) is 5.73 Å². The van der Waals surface area contributed by atoms with E-state index in [4.69, 9.17) is 22.4 Å². The molecule has 0 spiro atoms. The highest BCUT2D eigenvalue weighted by Crippen LogP contribution is 2.01. The lowest BCUT2D eigenvalue weighted by molar-refractivity contribution is -0.134. The quantitative estimate of drug-likeness (QED) is 0.278. The van der Waals surface area contributed by atoms with E-state index in [9.17, 15) is 9.59 Å². The fraction of sp³-hybridized carbons (Fsp3) is 0.333. The highest BCUT2D eigenvalue weighted by Gasteiger charge is 2.17. The SMILES string of the molecule is C/C(N)=C(\C(=O)O)C(=O)CCl. The molecule has 0 bridgehead atoms. The second-order valence-corrected chi connectivity index (χ2v) is 2.19. The fourth-order valence-electron chi connectivity index (χ4n) is 0.575. The van der Waals surface area contributed by atoms with Gasteiger partial charge in [0.25, 0.3) is 0 Å². The summed E-state index contributed by atoms with van der Waals surface area (Å²) >= 11 is 5.13. The minimum Gasteiger partial charge on any atom is -0.477 e. The van der Waals surface area contributed by atoms with Crippen molar-refractivity contribution in [1.29, 1.82) is 0 Å². The predicted molar refractivity (Wildman–Crippen MR) is 40.3 cm³/mol. The molecule has 0 aromatic carbocycles. The summed E-state index contributed by atoms with van der Waals surface area (Å²) < 4.78 is 0. The van der Waals surface area contributed by atoms with Crippen molar-refractivity contribution in [1.82, 2.24) is 0 Å². The molecule has 0 aliphatic carbocycles. The minimum atomic E-state index is -1.34. The van der Waals surface area contributed by atoms with Gasteiger partial charge in [0.15, 0.2) is 5.78 Å². The van der Waals surface area contributed by atoms with E-state index in [0.29, 0.717) is 0 Å². The van der Waals surface area contributed by atoms with Crippen molar-refractivity contribution >= 4 is 23.4 Å². The van der Waals surface area contributed by atoms with Crippen molar-refractivity contribution in [3.63, 3.8) is 0 Å². The summed E-state index contributed by atoms with van der Waals surface area (Å²) in [5.41, 5.74) is 4.68. The molecule has 3 N–H and O–H groups in total. The van der Waals surface area contributed by atoms with Gasteiger partial charge in [-0.3, -0.25) is 4.79 Å². The summed E-state index contributed by atoms with van der Waals surface area (Å²) in [7, 11) is 0. The zero-order chi connectivity index (χ0) is 9.02. The van der Waals surface area contributed by atoms with E-state index in [-0.39, 0.29) is 11.6 Å². The normalized spacial score (nSPS) is 12.2. The average molecular weight is 178 g/mol. The molecule has 0 aromatic heterocycles. The van der Waals surface area contributed by atoms with Crippen LogP contribution in [-0.2, 0) is 9.59 Å². The number of rotatable bonds is 3. The number of carboxylic acids is 1. The second kappa shape index (κ2) is 3.98. The first-order valence-corrected chi connectivity index (χ1v) is 3.33. The Labute approximate surface area is 68.6 Å². The number of ketones is 1. The molecule has 0 saturated carbocycles. The third-order valence-corrected chi connectivity index (χ3v) is 1.25. The van der Waals surface area contributed by atoms with Gasteiger partial charge in [0, 0.05) is 5.70 Å². The number of Topliss-reactive ketones (excluding diaryl/α,β-unsaturated/α-hetero) is 1. The first kappa shape index (κ1) is 9.97. The number of carbonyl (C=O) groups excluding carboxylic acids is 1. The molecule has 0 aliphatic heterocycles. The van der Waals surface area contributed by atoms with E-state index in [1.54, 1.807) is 0 Å². The molecule has 0 fully saturated rings. The number of nitrogens with two attached hydrogens (primary N) is 1. The molecule has 62 valence electrons. The van der Waals surface area contributed by atoms with E-state index >= 15 is 0 Å². The van der Waals surface area contributed by atoms with Gasteiger partial charge in [-0.2, -0.15) is 0 Å². The Morgan fingerprint density at radius 2 is 2.00 bits per heavy atom. The lowest BCUT2D eigenvalue weighted by Crippen LogP contribution is -2.18. The van der Waals surface area contributed by atoms with Crippen molar-refractivity contribution in [3.05, 3.63) is 11.3 Å². The summed E-state index contributed by atoms with van der Waals surface area (Å²) in [5.74, 6) is -2.37. The molecule has 0 unspecified atom stereocenters. The second-order valence-electron chi connectivity index (χ2n) is 1.92. The Kier molecular flexibility index (Phi) is 3.60. The van der Waals surface area contributed by atoms with Crippen LogP contribution in [0.5, 0.6) is 0 Å². The summed E-state index contributed by atoms with van der Waals surface area (Å²) in [6.45, 7) is 1.34. The van der Waals surface area contributed by atoms with Gasteiger partial charge in [-0.1, -0.05) is 0 Å². The lowest BCUT2D eigenvalue weighted by atomic mass is 10.1. The van der Waals surface area contributed by atoms with Gasteiger partial charge in [0.05, 0.1) is 5.88 Å². The fourth-order valence-corrected chi connectivity index (χ4v) is 0.708. The molecule has 11 heavy (non-hydrogen) atoms. The van der Waals surface area contributed by atoms with Gasteiger partial charge in [-0.15, -0.1) is 11.6 Å². The molecule has 0 rings (SSSR count). The Morgan fingerprint density at radius 3 is 2.09 bits per heavy atom. The van der Waals surface area contributed by atoms with Gasteiger partial charge in [0.2, 0.25) is 0 Å². The van der Waals surface area contributed by atoms with Crippen LogP contribution in [0.2, 0.25) is 0 Å². The molecule has 0 atom stereocenters. The zero-order valence-electron chi connectivity index (χ0n) is 5.93. The number of carboxylic acid groups (broad SMARTS) is 1. The van der Waals surface area contributed by atoms with Crippen molar-refractivity contribution in [2.45, 2.75) is 6.92 Å². The number of carbonyl (C=O) groups is 2. The smallest absolute Gasteiger partial charge is 0.341 e. The standard InChI is InChI=1S/C6H8ClNO3/c1-3(8)5(6(10)11)4(9)2-7/h2,8H2,1H3,(H,10,11)/b5-3+. The number of alkyl halides is 1. The maximum absolute atomic E-state index is 10.7. The maximum atomic E-state index is 10.7. The number of halogens is 1. The highest BCUT2D eigenvalue weighted by atomic mass is 35.5. The van der Waals surface area contributed by atoms with Gasteiger partial charge >= 0.3 is 5.97 Å². The molecule has 0 saturated heterocycles. The molecule has 0 aliphatic rings. The molecule has 0 heterocycles. The van der Waals surface area contributed by atoms with E-state index in [1.807, 2.05) is 0 Å². The first-order valence-electron chi connectivity index (χ1n) is 2.79. The predicted octanol–water partition coefficient (Wildman–Crippen LogP) is 0.112. The average Bonchev–Trinajstić information content (AvgIpc) is 1.85. The molecular weight excluding hydrogens is 170 g/mol. The van der Waals surface area contributed by atoms with Crippen LogP contribution in [0.25, 0.3) is 0 Å². The van der Waals surface area contributed by atoms with Crippen LogP contribution in [0.1, 0.15) is 6.92 Å². The van der Waals surface area contributed by atoms with Crippen LogP contribution >= 0.6 is 11.6 Å². The van der Waals surface area contributed by atoms with Gasteiger partial charge in [0.1, 0.15) is 5.57 Å². The van der Waals surface area contributed by atoms with E-state index in [2.05, 4.69) is 0 Å².